The summed E-state index contributed by atoms with van der Waals surface area (Å²) in [5.74, 6) is 0.828. The molecule has 3 rings (SSSR count). The number of aromatic nitrogens is 1. The first kappa shape index (κ1) is 11.3. The van der Waals surface area contributed by atoms with Gasteiger partial charge in [0.1, 0.15) is 0 Å². The molecule has 0 amide bonds. The summed E-state index contributed by atoms with van der Waals surface area (Å²) in [6, 6.07) is 8.04. The van der Waals surface area contributed by atoms with Crippen LogP contribution in [0.4, 0.5) is 11.4 Å². The van der Waals surface area contributed by atoms with Crippen molar-refractivity contribution in [3.05, 3.63) is 30.5 Å². The van der Waals surface area contributed by atoms with E-state index >= 15 is 0 Å². The van der Waals surface area contributed by atoms with E-state index < -0.39 is 0 Å². The van der Waals surface area contributed by atoms with Gasteiger partial charge in [0, 0.05) is 23.8 Å². The number of rotatable bonds is 3. The largest absolute Gasteiger partial charge is 0.397 e. The fourth-order valence-corrected chi connectivity index (χ4v) is 2.82. The molecule has 0 atom stereocenters. The van der Waals surface area contributed by atoms with Crippen LogP contribution in [-0.2, 0) is 0 Å². The van der Waals surface area contributed by atoms with Gasteiger partial charge in [-0.15, -0.1) is 0 Å². The van der Waals surface area contributed by atoms with E-state index in [0.717, 1.165) is 34.7 Å². The van der Waals surface area contributed by atoms with Crippen molar-refractivity contribution >= 4 is 22.3 Å². The Balaban J connectivity index is 1.85. The Morgan fingerprint density at radius 3 is 2.89 bits per heavy atom. The first-order chi connectivity index (χ1) is 8.84. The van der Waals surface area contributed by atoms with Gasteiger partial charge >= 0.3 is 0 Å². The summed E-state index contributed by atoms with van der Waals surface area (Å²) < 4.78 is 0. The molecule has 3 nitrogen and oxygen atoms in total. The quantitative estimate of drug-likeness (QED) is 0.809. The lowest BCUT2D eigenvalue weighted by atomic mass is 10.1. The number of fused-ring (bicyclic) bond motifs is 1. The predicted octanol–water partition coefficient (Wildman–Crippen LogP) is 3.42. The van der Waals surface area contributed by atoms with E-state index in [4.69, 9.17) is 5.73 Å². The zero-order chi connectivity index (χ0) is 12.4. The van der Waals surface area contributed by atoms with Crippen molar-refractivity contribution in [1.29, 1.82) is 0 Å². The van der Waals surface area contributed by atoms with Gasteiger partial charge in [0.05, 0.1) is 11.2 Å². The van der Waals surface area contributed by atoms with Crippen LogP contribution < -0.4 is 11.1 Å². The van der Waals surface area contributed by atoms with Crippen molar-refractivity contribution in [2.45, 2.75) is 25.7 Å². The van der Waals surface area contributed by atoms with Gasteiger partial charge in [-0.2, -0.15) is 0 Å². The summed E-state index contributed by atoms with van der Waals surface area (Å²) >= 11 is 0. The van der Waals surface area contributed by atoms with E-state index in [9.17, 15) is 0 Å². The van der Waals surface area contributed by atoms with Crippen molar-refractivity contribution in [3.63, 3.8) is 0 Å². The Bertz CT molecular complexity index is 544. The zero-order valence-electron chi connectivity index (χ0n) is 10.5. The molecule has 0 aliphatic heterocycles. The minimum absolute atomic E-state index is 0.747. The van der Waals surface area contributed by atoms with Gasteiger partial charge in [-0.3, -0.25) is 4.98 Å². The second kappa shape index (κ2) is 4.84. The highest BCUT2D eigenvalue weighted by Crippen LogP contribution is 2.29. The molecule has 1 aromatic heterocycles. The van der Waals surface area contributed by atoms with Crippen molar-refractivity contribution in [2.75, 3.05) is 17.6 Å². The smallest absolute Gasteiger partial charge is 0.0951 e. The van der Waals surface area contributed by atoms with Crippen LogP contribution in [0, 0.1) is 5.92 Å². The molecule has 0 unspecified atom stereocenters. The molecule has 1 aromatic carbocycles. The third-order valence-electron chi connectivity index (χ3n) is 3.86. The first-order valence-corrected chi connectivity index (χ1v) is 6.71. The maximum absolute atomic E-state index is 5.95. The van der Waals surface area contributed by atoms with E-state index in [0.29, 0.717) is 0 Å². The van der Waals surface area contributed by atoms with Crippen LogP contribution in [0.15, 0.2) is 30.5 Å². The van der Waals surface area contributed by atoms with Crippen LogP contribution in [0.3, 0.4) is 0 Å². The molecule has 0 saturated heterocycles. The number of hydrogen-bond donors (Lipinski definition) is 2. The number of nitrogen functional groups attached to an aromatic ring is 1. The third kappa shape index (κ3) is 2.13. The van der Waals surface area contributed by atoms with Crippen molar-refractivity contribution in [1.82, 2.24) is 4.98 Å². The van der Waals surface area contributed by atoms with Gasteiger partial charge < -0.3 is 11.1 Å². The van der Waals surface area contributed by atoms with Crippen LogP contribution >= 0.6 is 0 Å². The topological polar surface area (TPSA) is 50.9 Å². The Hall–Kier alpha value is -1.77. The lowest BCUT2D eigenvalue weighted by Gasteiger charge is -2.14. The molecule has 1 aliphatic rings. The molecule has 3 heteroatoms. The lowest BCUT2D eigenvalue weighted by Crippen LogP contribution is -2.11. The average Bonchev–Trinajstić information content (AvgIpc) is 2.92. The molecule has 1 heterocycles. The van der Waals surface area contributed by atoms with Crippen LogP contribution in [0.1, 0.15) is 25.7 Å². The Morgan fingerprint density at radius 2 is 2.06 bits per heavy atom. The summed E-state index contributed by atoms with van der Waals surface area (Å²) in [5.41, 5.74) is 8.75. The zero-order valence-corrected chi connectivity index (χ0v) is 10.5. The predicted molar refractivity (Wildman–Crippen MR) is 76.6 cm³/mol. The monoisotopic (exact) mass is 241 g/mol. The Morgan fingerprint density at radius 1 is 1.22 bits per heavy atom. The number of hydrogen-bond acceptors (Lipinski definition) is 3. The molecule has 94 valence electrons. The molecule has 0 radical (unpaired) electrons. The second-order valence-corrected chi connectivity index (χ2v) is 5.13. The molecule has 18 heavy (non-hydrogen) atoms. The third-order valence-corrected chi connectivity index (χ3v) is 3.86. The summed E-state index contributed by atoms with van der Waals surface area (Å²) in [5, 5.41) is 4.68. The maximum Gasteiger partial charge on any atom is 0.0951 e. The summed E-state index contributed by atoms with van der Waals surface area (Å²) in [6.07, 6.45) is 7.28. The molecule has 0 spiro atoms. The minimum atomic E-state index is 0.747. The maximum atomic E-state index is 5.95. The van der Waals surface area contributed by atoms with Crippen molar-refractivity contribution in [2.24, 2.45) is 5.92 Å². The number of nitrogens with zero attached hydrogens (tertiary/aromatic N) is 1. The van der Waals surface area contributed by atoms with Gasteiger partial charge in [-0.1, -0.05) is 12.8 Å². The van der Waals surface area contributed by atoms with E-state index in [2.05, 4.69) is 22.4 Å². The normalized spacial score (nSPS) is 16.2. The van der Waals surface area contributed by atoms with E-state index in [1.54, 1.807) is 6.20 Å². The molecular weight excluding hydrogens is 222 g/mol. The fraction of sp³-hybridized carbons (Fsp3) is 0.400. The van der Waals surface area contributed by atoms with E-state index in [-0.39, 0.29) is 0 Å². The first-order valence-electron chi connectivity index (χ1n) is 6.71. The summed E-state index contributed by atoms with van der Waals surface area (Å²) in [6.45, 7) is 1.06. The molecular formula is C15H19N3. The standard InChI is InChI=1S/C15H19N3/c16-13-7-8-14(12-6-3-9-17-15(12)13)18-10-11-4-1-2-5-11/h3,6-9,11,18H,1-2,4-5,10,16H2. The molecule has 2 aromatic rings. The number of anilines is 2. The Kier molecular flexibility index (Phi) is 3.05. The van der Waals surface area contributed by atoms with Crippen LogP contribution in [0.5, 0.6) is 0 Å². The molecule has 1 saturated carbocycles. The van der Waals surface area contributed by atoms with Crippen LogP contribution in [0.25, 0.3) is 10.9 Å². The highest BCUT2D eigenvalue weighted by Gasteiger charge is 2.15. The highest BCUT2D eigenvalue weighted by atomic mass is 14.9. The van der Waals surface area contributed by atoms with Gasteiger partial charge in [0.15, 0.2) is 0 Å². The summed E-state index contributed by atoms with van der Waals surface area (Å²) in [4.78, 5) is 4.36. The second-order valence-electron chi connectivity index (χ2n) is 5.13. The number of nitrogens with two attached hydrogens (primary N) is 1. The minimum Gasteiger partial charge on any atom is -0.397 e. The number of pyridine rings is 1. The van der Waals surface area contributed by atoms with Crippen molar-refractivity contribution in [3.8, 4) is 0 Å². The van der Waals surface area contributed by atoms with Gasteiger partial charge in [-0.05, 0) is 43.0 Å². The van der Waals surface area contributed by atoms with E-state index in [1.165, 1.54) is 25.7 Å². The average molecular weight is 241 g/mol. The SMILES string of the molecule is Nc1ccc(NCC2CCCC2)c2cccnc12. The van der Waals surface area contributed by atoms with Crippen LogP contribution in [0.2, 0.25) is 0 Å². The van der Waals surface area contributed by atoms with E-state index in [1.807, 2.05) is 12.1 Å². The van der Waals surface area contributed by atoms with Gasteiger partial charge in [-0.25, -0.2) is 0 Å². The fourth-order valence-electron chi connectivity index (χ4n) is 2.82. The Labute approximate surface area is 107 Å². The molecule has 1 aliphatic carbocycles. The van der Waals surface area contributed by atoms with Crippen molar-refractivity contribution < 1.29 is 0 Å². The number of nitrogens with one attached hydrogen (secondary N) is 1. The molecule has 1 fully saturated rings. The highest BCUT2D eigenvalue weighted by molar-refractivity contribution is 5.98. The van der Waals surface area contributed by atoms with Gasteiger partial charge in [0.25, 0.3) is 0 Å². The van der Waals surface area contributed by atoms with Crippen LogP contribution in [-0.4, -0.2) is 11.5 Å². The summed E-state index contributed by atoms with van der Waals surface area (Å²) in [7, 11) is 0. The number of benzene rings is 1. The molecule has 0 bridgehead atoms. The lowest BCUT2D eigenvalue weighted by molar-refractivity contribution is 0.580. The van der Waals surface area contributed by atoms with Gasteiger partial charge in [0.2, 0.25) is 0 Å². The molecule has 3 N–H and O–H groups in total.